The monoisotopic (exact) mass is 498 g/mol. The maximum atomic E-state index is 8.86. The number of hydrogen-bond acceptors (Lipinski definition) is 6. The van der Waals surface area contributed by atoms with Gasteiger partial charge in [-0.3, -0.25) is 9.98 Å². The van der Waals surface area contributed by atoms with Crippen LogP contribution in [0.4, 0.5) is 11.4 Å². The van der Waals surface area contributed by atoms with Crippen LogP contribution in [0, 0.1) is 22.7 Å². The summed E-state index contributed by atoms with van der Waals surface area (Å²) in [6.45, 7) is 1.22. The molecule has 0 heterocycles. The maximum absolute atomic E-state index is 8.86. The van der Waals surface area contributed by atoms with Crippen LogP contribution in [0.1, 0.15) is 35.1 Å². The number of aliphatic imine (C=N–C) groups is 2. The molecule has 0 spiro atoms. The van der Waals surface area contributed by atoms with Crippen LogP contribution in [0.3, 0.4) is 0 Å². The summed E-state index contributed by atoms with van der Waals surface area (Å²) in [4.78, 5) is 8.92. The molecule has 0 aromatic heterocycles. The largest absolute Gasteiger partial charge is 0.494 e. The highest BCUT2D eigenvalue weighted by atomic mass is 16.5. The predicted octanol–water partition coefficient (Wildman–Crippen LogP) is 7.17. The number of hydrogen-bond donors (Lipinski definition) is 0. The zero-order valence-electron chi connectivity index (χ0n) is 20.8. The number of benzene rings is 4. The molecule has 0 amide bonds. The van der Waals surface area contributed by atoms with Gasteiger partial charge in [0.15, 0.2) is 0 Å². The first-order valence-corrected chi connectivity index (χ1v) is 12.3. The zero-order valence-corrected chi connectivity index (χ0v) is 20.8. The molecule has 4 aromatic rings. The molecule has 0 radical (unpaired) electrons. The molecule has 4 rings (SSSR count). The van der Waals surface area contributed by atoms with Crippen molar-refractivity contribution in [3.05, 3.63) is 119 Å². The Hall–Kier alpha value is -5.20. The summed E-state index contributed by atoms with van der Waals surface area (Å²) in [6, 6.07) is 34.1. The van der Waals surface area contributed by atoms with Gasteiger partial charge in [-0.2, -0.15) is 10.5 Å². The van der Waals surface area contributed by atoms with E-state index in [1.54, 1.807) is 36.7 Å². The van der Waals surface area contributed by atoms with Gasteiger partial charge in [0.25, 0.3) is 0 Å². The summed E-state index contributed by atoms with van der Waals surface area (Å²) in [7, 11) is 0. The topological polar surface area (TPSA) is 90.8 Å². The Morgan fingerprint density at radius 2 is 0.895 bits per heavy atom. The number of ether oxygens (including phenoxy) is 2. The van der Waals surface area contributed by atoms with E-state index in [1.165, 1.54) is 0 Å². The van der Waals surface area contributed by atoms with E-state index in [-0.39, 0.29) is 0 Å². The molecule has 0 N–H and O–H groups in total. The van der Waals surface area contributed by atoms with Crippen molar-refractivity contribution in [1.29, 1.82) is 10.5 Å². The van der Waals surface area contributed by atoms with Gasteiger partial charge >= 0.3 is 0 Å². The third-order valence-corrected chi connectivity index (χ3v) is 5.55. The van der Waals surface area contributed by atoms with Crippen molar-refractivity contribution in [3.63, 3.8) is 0 Å². The summed E-state index contributed by atoms with van der Waals surface area (Å²) in [5.41, 5.74) is 4.81. The van der Waals surface area contributed by atoms with E-state index in [0.717, 1.165) is 46.8 Å². The Bertz CT molecular complexity index is 1330. The van der Waals surface area contributed by atoms with E-state index in [1.807, 2.05) is 72.8 Å². The summed E-state index contributed by atoms with van der Waals surface area (Å²) >= 11 is 0. The Kier molecular flexibility index (Phi) is 9.38. The van der Waals surface area contributed by atoms with E-state index in [0.29, 0.717) is 24.3 Å². The predicted molar refractivity (Wildman–Crippen MR) is 150 cm³/mol. The van der Waals surface area contributed by atoms with E-state index in [9.17, 15) is 0 Å². The summed E-state index contributed by atoms with van der Waals surface area (Å²) in [6.07, 6.45) is 5.31. The summed E-state index contributed by atoms with van der Waals surface area (Å²) < 4.78 is 11.6. The van der Waals surface area contributed by atoms with Gasteiger partial charge in [0.1, 0.15) is 11.5 Å². The lowest BCUT2D eigenvalue weighted by Crippen LogP contribution is -2.02. The lowest BCUT2D eigenvalue weighted by molar-refractivity contribution is 0.266. The molecule has 6 heteroatoms. The summed E-state index contributed by atoms with van der Waals surface area (Å²) in [5.74, 6) is 1.61. The Labute approximate surface area is 222 Å². The number of rotatable bonds is 11. The first kappa shape index (κ1) is 25.9. The highest BCUT2D eigenvalue weighted by molar-refractivity contribution is 5.82. The van der Waals surface area contributed by atoms with Gasteiger partial charge in [-0.05, 0) is 96.8 Å². The number of unbranched alkanes of at least 4 members (excludes halogenated alkanes) is 1. The number of nitriles is 2. The van der Waals surface area contributed by atoms with Gasteiger partial charge in [-0.15, -0.1) is 0 Å². The molecule has 0 saturated carbocycles. The fraction of sp³-hybridized carbons (Fsp3) is 0.125. The Morgan fingerprint density at radius 3 is 1.24 bits per heavy atom. The molecule has 0 fully saturated rings. The third kappa shape index (κ3) is 8.19. The molecule has 0 aliphatic rings. The highest BCUT2D eigenvalue weighted by Gasteiger charge is 1.98. The van der Waals surface area contributed by atoms with Gasteiger partial charge in [0, 0.05) is 12.4 Å². The molecule has 4 aromatic carbocycles. The van der Waals surface area contributed by atoms with Crippen LogP contribution in [-0.2, 0) is 0 Å². The molecule has 0 bridgehead atoms. The SMILES string of the molecule is N#Cc1ccc(C=Nc2ccc(OCCCCOc3ccc(N=Cc4ccc(C#N)cc4)cc3)cc2)cc1. The number of nitrogens with zero attached hydrogens (tertiary/aromatic N) is 4. The van der Waals surface area contributed by atoms with Crippen molar-refractivity contribution in [2.75, 3.05) is 13.2 Å². The molecule has 0 saturated heterocycles. The van der Waals surface area contributed by atoms with Crippen LogP contribution >= 0.6 is 0 Å². The third-order valence-electron chi connectivity index (χ3n) is 5.55. The van der Waals surface area contributed by atoms with E-state index < -0.39 is 0 Å². The quantitative estimate of drug-likeness (QED) is 0.162. The van der Waals surface area contributed by atoms with Crippen molar-refractivity contribution in [1.82, 2.24) is 0 Å². The molecular weight excluding hydrogens is 472 g/mol. The summed E-state index contributed by atoms with van der Waals surface area (Å²) in [5, 5.41) is 17.7. The van der Waals surface area contributed by atoms with Crippen LogP contribution < -0.4 is 9.47 Å². The molecule has 6 nitrogen and oxygen atoms in total. The van der Waals surface area contributed by atoms with Crippen LogP contribution in [0.25, 0.3) is 0 Å². The zero-order chi connectivity index (χ0) is 26.4. The average molecular weight is 499 g/mol. The fourth-order valence-corrected chi connectivity index (χ4v) is 3.43. The van der Waals surface area contributed by atoms with E-state index in [4.69, 9.17) is 20.0 Å². The second-order valence-corrected chi connectivity index (χ2v) is 8.38. The first-order valence-electron chi connectivity index (χ1n) is 12.3. The molecule has 0 aliphatic carbocycles. The van der Waals surface area contributed by atoms with Crippen molar-refractivity contribution in [2.24, 2.45) is 9.98 Å². The molecular formula is C32H26N4O2. The normalized spacial score (nSPS) is 10.8. The minimum Gasteiger partial charge on any atom is -0.494 e. The average Bonchev–Trinajstić information content (AvgIpc) is 2.98. The minimum absolute atomic E-state index is 0.611. The lowest BCUT2D eigenvalue weighted by atomic mass is 10.2. The van der Waals surface area contributed by atoms with Gasteiger partial charge in [0.2, 0.25) is 0 Å². The van der Waals surface area contributed by atoms with Gasteiger partial charge in [-0.25, -0.2) is 0 Å². The lowest BCUT2D eigenvalue weighted by Gasteiger charge is -2.08. The Morgan fingerprint density at radius 1 is 0.526 bits per heavy atom. The van der Waals surface area contributed by atoms with Crippen LogP contribution in [0.5, 0.6) is 11.5 Å². The minimum atomic E-state index is 0.611. The first-order chi connectivity index (χ1) is 18.7. The van der Waals surface area contributed by atoms with Crippen LogP contribution in [0.15, 0.2) is 107 Å². The van der Waals surface area contributed by atoms with Crippen molar-refractivity contribution in [2.45, 2.75) is 12.8 Å². The smallest absolute Gasteiger partial charge is 0.119 e. The molecule has 0 atom stereocenters. The maximum Gasteiger partial charge on any atom is 0.119 e. The van der Waals surface area contributed by atoms with Crippen LogP contribution in [0.2, 0.25) is 0 Å². The Balaban J connectivity index is 1.12. The van der Waals surface area contributed by atoms with Crippen LogP contribution in [-0.4, -0.2) is 25.6 Å². The molecule has 186 valence electrons. The second-order valence-electron chi connectivity index (χ2n) is 8.38. The molecule has 0 aliphatic heterocycles. The van der Waals surface area contributed by atoms with Crippen molar-refractivity contribution < 1.29 is 9.47 Å². The highest BCUT2D eigenvalue weighted by Crippen LogP contribution is 2.20. The standard InChI is InChI=1S/C32H26N4O2/c33-21-25-3-7-27(8-4-25)23-35-29-11-15-31(16-12-29)37-19-1-2-20-38-32-17-13-30(14-18-32)36-24-28-9-5-26(22-34)6-10-28/h3-18,23-24H,1-2,19-20H2. The van der Waals surface area contributed by atoms with Gasteiger partial charge in [0.05, 0.1) is 47.9 Å². The van der Waals surface area contributed by atoms with E-state index >= 15 is 0 Å². The molecule has 38 heavy (non-hydrogen) atoms. The second kappa shape index (κ2) is 13.8. The van der Waals surface area contributed by atoms with E-state index in [2.05, 4.69) is 22.1 Å². The van der Waals surface area contributed by atoms with Crippen molar-refractivity contribution >= 4 is 23.8 Å². The fourth-order valence-electron chi connectivity index (χ4n) is 3.43. The van der Waals surface area contributed by atoms with Gasteiger partial charge in [-0.1, -0.05) is 24.3 Å². The van der Waals surface area contributed by atoms with Crippen molar-refractivity contribution in [3.8, 4) is 23.6 Å². The van der Waals surface area contributed by atoms with Gasteiger partial charge < -0.3 is 9.47 Å². The molecule has 0 unspecified atom stereocenters.